The monoisotopic (exact) mass is 725 g/mol. The Morgan fingerprint density at radius 1 is 0.316 bits per heavy atom. The van der Waals surface area contributed by atoms with Crippen molar-refractivity contribution in [1.82, 2.24) is 14.1 Å². The van der Waals surface area contributed by atoms with E-state index in [1.807, 2.05) is 12.1 Å². The van der Waals surface area contributed by atoms with E-state index in [1.54, 1.807) is 0 Å². The Bertz CT molecular complexity index is 3790. The lowest BCUT2D eigenvalue weighted by molar-refractivity contribution is 0.668. The SMILES string of the molecule is c1ccc2c(c1)oc1cc(-n3c4ccccc4c4cc(-c5ccc6c(c5)c5ccccc5n6-c5cc6c7ccccc7c7ccccc7c6cn5)ccc43)ccc12. The van der Waals surface area contributed by atoms with Gasteiger partial charge in [-0.15, -0.1) is 0 Å². The third-order valence-corrected chi connectivity index (χ3v) is 12.1. The van der Waals surface area contributed by atoms with Gasteiger partial charge in [-0.2, -0.15) is 0 Å². The van der Waals surface area contributed by atoms with Gasteiger partial charge in [-0.3, -0.25) is 4.57 Å². The smallest absolute Gasteiger partial charge is 0.138 e. The van der Waals surface area contributed by atoms with Crippen LogP contribution in [0.3, 0.4) is 0 Å². The molecule has 4 heteroatoms. The third-order valence-electron chi connectivity index (χ3n) is 12.1. The fourth-order valence-electron chi connectivity index (χ4n) is 9.59. The lowest BCUT2D eigenvalue weighted by atomic mass is 9.95. The normalized spacial score (nSPS) is 12.2. The minimum absolute atomic E-state index is 0.893. The van der Waals surface area contributed by atoms with Crippen LogP contribution < -0.4 is 0 Å². The van der Waals surface area contributed by atoms with E-state index >= 15 is 0 Å². The van der Waals surface area contributed by atoms with Crippen LogP contribution in [0.15, 0.2) is 193 Å². The van der Waals surface area contributed by atoms with Crippen LogP contribution in [0.4, 0.5) is 0 Å². The third kappa shape index (κ3) is 4.30. The number of furan rings is 1. The minimum atomic E-state index is 0.893. The molecule has 0 N–H and O–H groups in total. The number of hydrogen-bond donors (Lipinski definition) is 0. The van der Waals surface area contributed by atoms with Crippen molar-refractivity contribution in [2.24, 2.45) is 0 Å². The van der Waals surface area contributed by atoms with Crippen LogP contribution in [0.1, 0.15) is 0 Å². The largest absolute Gasteiger partial charge is 0.456 e. The summed E-state index contributed by atoms with van der Waals surface area (Å²) < 4.78 is 11.0. The Morgan fingerprint density at radius 2 is 0.807 bits per heavy atom. The van der Waals surface area contributed by atoms with Crippen LogP contribution in [-0.2, 0) is 0 Å². The fourth-order valence-corrected chi connectivity index (χ4v) is 9.59. The van der Waals surface area contributed by atoms with Gasteiger partial charge in [0.25, 0.3) is 0 Å². The number of aromatic nitrogens is 3. The van der Waals surface area contributed by atoms with E-state index in [9.17, 15) is 0 Å². The van der Waals surface area contributed by atoms with Gasteiger partial charge in [0.05, 0.1) is 22.1 Å². The van der Waals surface area contributed by atoms with Crippen molar-refractivity contribution in [2.75, 3.05) is 0 Å². The van der Waals surface area contributed by atoms with Crippen molar-refractivity contribution in [1.29, 1.82) is 0 Å². The minimum Gasteiger partial charge on any atom is -0.456 e. The fraction of sp³-hybridized carbons (Fsp3) is 0. The van der Waals surface area contributed by atoms with E-state index in [4.69, 9.17) is 9.40 Å². The Kier molecular flexibility index (Phi) is 6.13. The second-order valence-corrected chi connectivity index (χ2v) is 15.1. The molecule has 0 unspecified atom stereocenters. The number of nitrogens with zero attached hydrogens (tertiary/aromatic N) is 3. The predicted octanol–water partition coefficient (Wildman–Crippen LogP) is 14.3. The van der Waals surface area contributed by atoms with Gasteiger partial charge in [-0.05, 0) is 98.7 Å². The average Bonchev–Trinajstić information content (AvgIpc) is 3.93. The maximum Gasteiger partial charge on any atom is 0.138 e. The molecule has 0 saturated heterocycles. The van der Waals surface area contributed by atoms with E-state index in [2.05, 4.69) is 185 Å². The molecule has 0 spiro atoms. The molecule has 4 heterocycles. The number of rotatable bonds is 3. The highest BCUT2D eigenvalue weighted by Gasteiger charge is 2.18. The number of pyridine rings is 1. The Hall–Kier alpha value is -7.69. The summed E-state index contributed by atoms with van der Waals surface area (Å²) in [6.45, 7) is 0. The van der Waals surface area contributed by atoms with Gasteiger partial charge in [-0.1, -0.05) is 115 Å². The van der Waals surface area contributed by atoms with Crippen LogP contribution in [0.2, 0.25) is 0 Å². The molecule has 0 fully saturated rings. The first-order chi connectivity index (χ1) is 28.3. The molecule has 0 aliphatic heterocycles. The summed E-state index contributed by atoms with van der Waals surface area (Å²) in [6.07, 6.45) is 2.06. The zero-order valence-corrected chi connectivity index (χ0v) is 30.6. The van der Waals surface area contributed by atoms with E-state index in [0.717, 1.165) is 50.0 Å². The van der Waals surface area contributed by atoms with Crippen molar-refractivity contribution in [3.63, 3.8) is 0 Å². The molecule has 57 heavy (non-hydrogen) atoms. The van der Waals surface area contributed by atoms with E-state index < -0.39 is 0 Å². The molecule has 0 radical (unpaired) electrons. The predicted molar refractivity (Wildman–Crippen MR) is 238 cm³/mol. The van der Waals surface area contributed by atoms with Crippen molar-refractivity contribution < 1.29 is 4.42 Å². The molecule has 13 aromatic rings. The van der Waals surface area contributed by atoms with Crippen LogP contribution in [0, 0.1) is 0 Å². The van der Waals surface area contributed by atoms with Crippen LogP contribution in [0.5, 0.6) is 0 Å². The van der Waals surface area contributed by atoms with Gasteiger partial charge in [0, 0.05) is 55.7 Å². The van der Waals surface area contributed by atoms with Gasteiger partial charge in [0.15, 0.2) is 0 Å². The molecule has 0 saturated carbocycles. The highest BCUT2D eigenvalue weighted by molar-refractivity contribution is 6.25. The van der Waals surface area contributed by atoms with Crippen LogP contribution >= 0.6 is 0 Å². The van der Waals surface area contributed by atoms with Crippen molar-refractivity contribution in [2.45, 2.75) is 0 Å². The lowest BCUT2D eigenvalue weighted by Gasteiger charge is -2.13. The number of fused-ring (bicyclic) bond motifs is 15. The first kappa shape index (κ1) is 30.6. The summed E-state index contributed by atoms with van der Waals surface area (Å²) in [5.41, 5.74) is 9.85. The van der Waals surface area contributed by atoms with Crippen molar-refractivity contribution in [3.05, 3.63) is 188 Å². The Morgan fingerprint density at radius 3 is 1.47 bits per heavy atom. The maximum absolute atomic E-state index is 6.32. The molecular weight excluding hydrogens is 695 g/mol. The van der Waals surface area contributed by atoms with Crippen molar-refractivity contribution >= 4 is 97.9 Å². The second-order valence-electron chi connectivity index (χ2n) is 15.1. The summed E-state index contributed by atoms with van der Waals surface area (Å²) in [4.78, 5) is 5.16. The van der Waals surface area contributed by atoms with Gasteiger partial charge in [0.1, 0.15) is 17.0 Å². The van der Waals surface area contributed by atoms with Crippen molar-refractivity contribution in [3.8, 4) is 22.6 Å². The zero-order chi connectivity index (χ0) is 37.2. The lowest BCUT2D eigenvalue weighted by Crippen LogP contribution is -1.97. The highest BCUT2D eigenvalue weighted by atomic mass is 16.3. The van der Waals surface area contributed by atoms with Gasteiger partial charge >= 0.3 is 0 Å². The molecule has 0 aliphatic rings. The summed E-state index contributed by atoms with van der Waals surface area (Å²) >= 11 is 0. The summed E-state index contributed by atoms with van der Waals surface area (Å²) in [6, 6.07) is 65.7. The molecule has 0 amide bonds. The summed E-state index contributed by atoms with van der Waals surface area (Å²) in [5.74, 6) is 0.914. The van der Waals surface area contributed by atoms with Gasteiger partial charge < -0.3 is 8.98 Å². The van der Waals surface area contributed by atoms with E-state index in [0.29, 0.717) is 0 Å². The second kappa shape index (κ2) is 11.4. The first-order valence-electron chi connectivity index (χ1n) is 19.4. The average molecular weight is 726 g/mol. The summed E-state index contributed by atoms with van der Waals surface area (Å²) in [7, 11) is 0. The number of para-hydroxylation sites is 3. The molecular formula is C53H31N3O. The Labute approximate surface area is 326 Å². The molecule has 0 bridgehead atoms. The quantitative estimate of drug-likeness (QED) is 0.170. The molecule has 4 aromatic heterocycles. The first-order valence-corrected chi connectivity index (χ1v) is 19.4. The molecule has 4 nitrogen and oxygen atoms in total. The van der Waals surface area contributed by atoms with E-state index in [1.165, 1.54) is 70.5 Å². The standard InChI is InChI=1S/C53H31N3O/c1-3-13-37-35(11-1)36-12-2-4-14-38(36)46-31-54-53(30-43(37)46)56-48-19-9-6-16-40(48)45-28-33(22-26-50(45)56)32-21-25-49-44(27-32)39-15-5-8-18-47(39)55(49)34-23-24-42-41-17-7-10-20-51(41)57-52(42)29-34/h1-31H. The maximum atomic E-state index is 6.32. The molecule has 9 aromatic carbocycles. The number of hydrogen-bond acceptors (Lipinski definition) is 2. The van der Waals surface area contributed by atoms with Gasteiger partial charge in [-0.25, -0.2) is 4.98 Å². The number of benzene rings is 9. The van der Waals surface area contributed by atoms with Crippen LogP contribution in [-0.4, -0.2) is 14.1 Å². The summed E-state index contributed by atoms with van der Waals surface area (Å²) in [5, 5.41) is 14.5. The Balaban J connectivity index is 0.983. The zero-order valence-electron chi connectivity index (χ0n) is 30.6. The van der Waals surface area contributed by atoms with Crippen LogP contribution in [0.25, 0.3) is 120 Å². The highest BCUT2D eigenvalue weighted by Crippen LogP contribution is 2.41. The molecule has 0 atom stereocenters. The van der Waals surface area contributed by atoms with Gasteiger partial charge in [0.2, 0.25) is 0 Å². The molecule has 0 aliphatic carbocycles. The van der Waals surface area contributed by atoms with E-state index in [-0.39, 0.29) is 0 Å². The molecule has 264 valence electrons. The topological polar surface area (TPSA) is 35.9 Å². The molecule has 13 rings (SSSR count).